The zero-order valence-corrected chi connectivity index (χ0v) is 13.7. The van der Waals surface area contributed by atoms with E-state index in [1.54, 1.807) is 11.6 Å². The van der Waals surface area contributed by atoms with Gasteiger partial charge in [0.15, 0.2) is 10.2 Å². The summed E-state index contributed by atoms with van der Waals surface area (Å²) in [5.74, 6) is -0.298. The Bertz CT molecular complexity index is 765. The Morgan fingerprint density at radius 2 is 2.13 bits per heavy atom. The minimum atomic E-state index is -3.65. The Morgan fingerprint density at radius 3 is 2.83 bits per heavy atom. The molecule has 2 aromatic rings. The number of morpholine rings is 1. The summed E-state index contributed by atoms with van der Waals surface area (Å²) in [5, 5.41) is 4.80. The van der Waals surface area contributed by atoms with Crippen molar-refractivity contribution in [2.45, 2.75) is 11.6 Å². The van der Waals surface area contributed by atoms with Crippen molar-refractivity contribution < 1.29 is 17.9 Å². The van der Waals surface area contributed by atoms with E-state index in [9.17, 15) is 13.2 Å². The number of carbonyl (C=O) groups excluding carboxylic acids is 1. The molecule has 1 N–H and O–H groups in total. The number of hydrogen-bond acceptors (Lipinski definition) is 7. The number of anilines is 1. The minimum Gasteiger partial charge on any atom is -0.379 e. The monoisotopic (exact) mass is 357 g/mol. The average Bonchev–Trinajstić information content (AvgIpc) is 3.20. The van der Waals surface area contributed by atoms with Crippen LogP contribution in [0.4, 0.5) is 5.13 Å². The van der Waals surface area contributed by atoms with E-state index >= 15 is 0 Å². The van der Waals surface area contributed by atoms with Crippen LogP contribution in [0, 0.1) is 0 Å². The van der Waals surface area contributed by atoms with Gasteiger partial charge in [-0.1, -0.05) is 0 Å². The fraction of sp³-hybridized carbons (Fsp3) is 0.417. The molecular formula is C12H15N5O4S2. The Hall–Kier alpha value is -1.82. The number of rotatable bonds is 5. The lowest BCUT2D eigenvalue weighted by Gasteiger charge is -2.24. The van der Waals surface area contributed by atoms with Crippen molar-refractivity contribution in [3.63, 3.8) is 0 Å². The van der Waals surface area contributed by atoms with Crippen LogP contribution < -0.4 is 5.32 Å². The predicted octanol–water partition coefficient (Wildman–Crippen LogP) is -0.000800. The van der Waals surface area contributed by atoms with Gasteiger partial charge in [-0.15, -0.1) is 11.3 Å². The van der Waals surface area contributed by atoms with E-state index in [0.717, 1.165) is 0 Å². The van der Waals surface area contributed by atoms with E-state index in [0.29, 0.717) is 31.4 Å². The van der Waals surface area contributed by atoms with E-state index < -0.39 is 10.0 Å². The van der Waals surface area contributed by atoms with Crippen molar-refractivity contribution in [1.29, 1.82) is 0 Å². The molecule has 0 unspecified atom stereocenters. The summed E-state index contributed by atoms with van der Waals surface area (Å²) < 4.78 is 32.8. The molecule has 23 heavy (non-hydrogen) atoms. The van der Waals surface area contributed by atoms with Crippen LogP contribution in [0.1, 0.15) is 0 Å². The number of amides is 1. The van der Waals surface area contributed by atoms with Gasteiger partial charge < -0.3 is 14.6 Å². The van der Waals surface area contributed by atoms with Crippen LogP contribution in [0.15, 0.2) is 29.1 Å². The van der Waals surface area contributed by atoms with Gasteiger partial charge in [0, 0.05) is 30.9 Å². The van der Waals surface area contributed by atoms with Crippen molar-refractivity contribution in [2.75, 3.05) is 31.6 Å². The number of carbonyl (C=O) groups is 1. The van der Waals surface area contributed by atoms with Crippen LogP contribution in [0.3, 0.4) is 0 Å². The topological polar surface area (TPSA) is 106 Å². The molecule has 1 saturated heterocycles. The van der Waals surface area contributed by atoms with Gasteiger partial charge in [-0.05, 0) is 0 Å². The lowest BCUT2D eigenvalue weighted by molar-refractivity contribution is -0.116. The number of nitrogens with one attached hydrogen (secondary N) is 1. The molecule has 0 spiro atoms. The van der Waals surface area contributed by atoms with Crippen molar-refractivity contribution in [2.24, 2.45) is 0 Å². The molecule has 9 nitrogen and oxygen atoms in total. The standard InChI is InChI=1S/C12H15N5O4S2/c18-10(15-12-13-1-6-22-12)7-16-8-11(14-9-16)23(19,20)17-2-4-21-5-3-17/h1,6,8-9H,2-5,7H2,(H,13,15,18). The molecule has 3 heterocycles. The van der Waals surface area contributed by atoms with E-state index in [4.69, 9.17) is 4.74 Å². The molecule has 11 heteroatoms. The maximum absolute atomic E-state index is 12.4. The van der Waals surface area contributed by atoms with E-state index in [-0.39, 0.29) is 17.5 Å². The van der Waals surface area contributed by atoms with Gasteiger partial charge in [0.1, 0.15) is 6.54 Å². The first-order valence-corrected chi connectivity index (χ1v) is 9.17. The van der Waals surface area contributed by atoms with Gasteiger partial charge in [0.05, 0.1) is 19.5 Å². The highest BCUT2D eigenvalue weighted by atomic mass is 32.2. The van der Waals surface area contributed by atoms with Crippen LogP contribution in [0.2, 0.25) is 0 Å². The predicted molar refractivity (Wildman–Crippen MR) is 82.5 cm³/mol. The molecule has 0 aliphatic carbocycles. The third-order valence-corrected chi connectivity index (χ3v) is 5.66. The van der Waals surface area contributed by atoms with Crippen molar-refractivity contribution in [3.05, 3.63) is 24.1 Å². The quantitative estimate of drug-likeness (QED) is 0.807. The van der Waals surface area contributed by atoms with Gasteiger partial charge in [-0.2, -0.15) is 4.31 Å². The highest BCUT2D eigenvalue weighted by molar-refractivity contribution is 7.89. The SMILES string of the molecule is O=C(Cn1cnc(S(=O)(=O)N2CCOCC2)c1)Nc1nccs1. The summed E-state index contributed by atoms with van der Waals surface area (Å²) in [6, 6.07) is 0. The van der Waals surface area contributed by atoms with Crippen LogP contribution in [0.5, 0.6) is 0 Å². The second-order valence-corrected chi connectivity index (χ2v) is 7.57. The normalized spacial score (nSPS) is 16.3. The Labute approximate surface area is 137 Å². The molecule has 0 aromatic carbocycles. The maximum Gasteiger partial charge on any atom is 0.262 e. The summed E-state index contributed by atoms with van der Waals surface area (Å²) in [6.45, 7) is 1.32. The lowest BCUT2D eigenvalue weighted by atomic mass is 10.5. The second kappa shape index (κ2) is 6.74. The molecule has 0 atom stereocenters. The molecule has 3 rings (SSSR count). The number of aromatic nitrogens is 3. The molecule has 2 aromatic heterocycles. The Morgan fingerprint density at radius 1 is 1.35 bits per heavy atom. The molecule has 1 aliphatic heterocycles. The van der Waals surface area contributed by atoms with E-state index in [2.05, 4.69) is 15.3 Å². The smallest absolute Gasteiger partial charge is 0.262 e. The fourth-order valence-corrected chi connectivity index (χ4v) is 3.98. The molecule has 1 aliphatic rings. The van der Waals surface area contributed by atoms with Gasteiger partial charge in [0.25, 0.3) is 10.0 Å². The summed E-state index contributed by atoms with van der Waals surface area (Å²) in [6.07, 6.45) is 4.27. The summed E-state index contributed by atoms with van der Waals surface area (Å²) >= 11 is 1.31. The highest BCUT2D eigenvalue weighted by Crippen LogP contribution is 2.15. The molecule has 0 radical (unpaired) electrons. The van der Waals surface area contributed by atoms with Gasteiger partial charge in [-0.3, -0.25) is 4.79 Å². The molecule has 1 fully saturated rings. The zero-order valence-electron chi connectivity index (χ0n) is 12.1. The molecule has 1 amide bonds. The van der Waals surface area contributed by atoms with Gasteiger partial charge in [-0.25, -0.2) is 18.4 Å². The largest absolute Gasteiger partial charge is 0.379 e. The molecular weight excluding hydrogens is 342 g/mol. The first kappa shape index (κ1) is 16.1. The van der Waals surface area contributed by atoms with E-state index in [1.165, 1.54) is 32.7 Å². The van der Waals surface area contributed by atoms with Crippen LogP contribution in [-0.2, 0) is 26.1 Å². The number of thiazole rings is 1. The zero-order chi connectivity index (χ0) is 16.3. The molecule has 0 bridgehead atoms. The van der Waals surface area contributed by atoms with Crippen molar-refractivity contribution >= 4 is 32.4 Å². The number of ether oxygens (including phenoxy) is 1. The second-order valence-electron chi connectivity index (χ2n) is 4.79. The number of nitrogens with zero attached hydrogens (tertiary/aromatic N) is 4. The van der Waals surface area contributed by atoms with Crippen LogP contribution in [-0.4, -0.2) is 59.5 Å². The number of hydrogen-bond donors (Lipinski definition) is 1. The number of sulfonamides is 1. The average molecular weight is 357 g/mol. The van der Waals surface area contributed by atoms with E-state index in [1.807, 2.05) is 0 Å². The van der Waals surface area contributed by atoms with Crippen molar-refractivity contribution in [1.82, 2.24) is 18.8 Å². The maximum atomic E-state index is 12.4. The van der Waals surface area contributed by atoms with Gasteiger partial charge in [0.2, 0.25) is 5.91 Å². The molecule has 0 saturated carbocycles. The number of imidazole rings is 1. The lowest BCUT2D eigenvalue weighted by Crippen LogP contribution is -2.40. The molecule has 124 valence electrons. The minimum absolute atomic E-state index is 0.0365. The Balaban J connectivity index is 1.66. The Kier molecular flexibility index (Phi) is 4.71. The summed E-state index contributed by atoms with van der Waals surface area (Å²) in [5.41, 5.74) is 0. The van der Waals surface area contributed by atoms with Gasteiger partial charge >= 0.3 is 0 Å². The van der Waals surface area contributed by atoms with Crippen molar-refractivity contribution in [3.8, 4) is 0 Å². The summed E-state index contributed by atoms with van der Waals surface area (Å²) in [7, 11) is -3.65. The third kappa shape index (κ3) is 3.75. The van der Waals surface area contributed by atoms with Crippen LogP contribution >= 0.6 is 11.3 Å². The third-order valence-electron chi connectivity index (χ3n) is 3.19. The summed E-state index contributed by atoms with van der Waals surface area (Å²) in [4.78, 5) is 19.7. The first-order valence-electron chi connectivity index (χ1n) is 6.85. The first-order chi connectivity index (χ1) is 11.1. The van der Waals surface area contributed by atoms with Crippen LogP contribution in [0.25, 0.3) is 0 Å². The fourth-order valence-electron chi connectivity index (χ4n) is 2.09. The highest BCUT2D eigenvalue weighted by Gasteiger charge is 2.28.